The zero-order chi connectivity index (χ0) is 14.7. The number of para-hydroxylation sites is 1. The van der Waals surface area contributed by atoms with Crippen LogP contribution in [0.5, 0.6) is 0 Å². The van der Waals surface area contributed by atoms with E-state index in [9.17, 15) is 4.79 Å². The van der Waals surface area contributed by atoms with Crippen LogP contribution in [0.4, 0.5) is 0 Å². The normalized spacial score (nSPS) is 24.3. The van der Waals surface area contributed by atoms with Crippen LogP contribution in [0.3, 0.4) is 0 Å². The van der Waals surface area contributed by atoms with Crippen molar-refractivity contribution in [1.29, 1.82) is 0 Å². The number of nitrogens with one attached hydrogen (secondary N) is 1. The number of ketones is 1. The largest absolute Gasteiger partial charge is 0.366 e. The second kappa shape index (κ2) is 4.48. The fourth-order valence-corrected chi connectivity index (χ4v) is 4.70. The number of nitrogens with zero attached hydrogens (tertiary/aromatic N) is 1. The van der Waals surface area contributed by atoms with Gasteiger partial charge in [0.25, 0.3) is 0 Å². The minimum Gasteiger partial charge on any atom is -0.366 e. The van der Waals surface area contributed by atoms with Crippen molar-refractivity contribution in [3.63, 3.8) is 0 Å². The molecule has 0 radical (unpaired) electrons. The van der Waals surface area contributed by atoms with Crippen molar-refractivity contribution in [2.75, 3.05) is 6.54 Å². The van der Waals surface area contributed by atoms with Gasteiger partial charge in [-0.15, -0.1) is 0 Å². The fourth-order valence-electron chi connectivity index (χ4n) is 4.70. The van der Waals surface area contributed by atoms with E-state index in [1.54, 1.807) is 0 Å². The Labute approximate surface area is 130 Å². The average molecular weight is 292 g/mol. The molecule has 1 N–H and O–H groups in total. The summed E-state index contributed by atoms with van der Waals surface area (Å²) >= 11 is 0. The molecule has 0 bridgehead atoms. The van der Waals surface area contributed by atoms with Crippen LogP contribution in [0.15, 0.2) is 35.5 Å². The molecule has 112 valence electrons. The van der Waals surface area contributed by atoms with Crippen molar-refractivity contribution in [3.05, 3.63) is 46.8 Å². The molecule has 1 aromatic carbocycles. The number of carbonyl (C=O) groups excluding carboxylic acids is 1. The van der Waals surface area contributed by atoms with Crippen LogP contribution in [-0.4, -0.2) is 22.2 Å². The van der Waals surface area contributed by atoms with Gasteiger partial charge < -0.3 is 9.88 Å². The molecule has 22 heavy (non-hydrogen) atoms. The standard InChI is InChI=1S/C19H20N2O/c22-18-7-3-6-16-14(18)8-9-17-19-13(10-11-21(16)17)12-4-1-2-5-15(12)20-19/h1-2,4-5,17,20H,3,6-11H2/t17-/m1/s1. The van der Waals surface area contributed by atoms with Crippen LogP contribution in [0.2, 0.25) is 0 Å². The first-order valence-electron chi connectivity index (χ1n) is 8.44. The quantitative estimate of drug-likeness (QED) is 0.800. The van der Waals surface area contributed by atoms with E-state index in [4.69, 9.17) is 0 Å². The van der Waals surface area contributed by atoms with E-state index in [1.807, 2.05) is 0 Å². The van der Waals surface area contributed by atoms with Crippen LogP contribution in [0.25, 0.3) is 10.9 Å². The topological polar surface area (TPSA) is 36.1 Å². The van der Waals surface area contributed by atoms with Crippen molar-refractivity contribution in [2.24, 2.45) is 0 Å². The van der Waals surface area contributed by atoms with E-state index >= 15 is 0 Å². The maximum absolute atomic E-state index is 12.2. The smallest absolute Gasteiger partial charge is 0.160 e. The number of allylic oxidation sites excluding steroid dienone is 2. The molecule has 0 fully saturated rings. The van der Waals surface area contributed by atoms with E-state index in [2.05, 4.69) is 34.1 Å². The van der Waals surface area contributed by atoms with Gasteiger partial charge in [-0.2, -0.15) is 0 Å². The molecule has 5 rings (SSSR count). The average Bonchev–Trinajstić information content (AvgIpc) is 2.94. The van der Waals surface area contributed by atoms with Gasteiger partial charge in [0, 0.05) is 40.8 Å². The van der Waals surface area contributed by atoms with Crippen molar-refractivity contribution in [1.82, 2.24) is 9.88 Å². The second-order valence-electron chi connectivity index (χ2n) is 6.76. The Hall–Kier alpha value is -2.03. The van der Waals surface area contributed by atoms with Crippen LogP contribution < -0.4 is 0 Å². The van der Waals surface area contributed by atoms with Crippen LogP contribution in [-0.2, 0) is 11.2 Å². The Bertz CT molecular complexity index is 814. The van der Waals surface area contributed by atoms with Crippen molar-refractivity contribution >= 4 is 16.7 Å². The molecule has 0 saturated heterocycles. The highest BCUT2D eigenvalue weighted by Gasteiger charge is 2.37. The van der Waals surface area contributed by atoms with Gasteiger partial charge in [-0.25, -0.2) is 0 Å². The lowest BCUT2D eigenvalue weighted by atomic mass is 9.82. The molecule has 3 heterocycles. The summed E-state index contributed by atoms with van der Waals surface area (Å²) in [5.41, 5.74) is 6.66. The number of aromatic amines is 1. The van der Waals surface area contributed by atoms with Crippen LogP contribution in [0.1, 0.15) is 49.4 Å². The minimum absolute atomic E-state index is 0.405. The zero-order valence-corrected chi connectivity index (χ0v) is 12.7. The second-order valence-corrected chi connectivity index (χ2v) is 6.76. The molecule has 3 aliphatic rings. The van der Waals surface area contributed by atoms with Crippen molar-refractivity contribution in [2.45, 2.75) is 44.6 Å². The summed E-state index contributed by atoms with van der Waals surface area (Å²) in [6.07, 6.45) is 6.00. The third-order valence-corrected chi connectivity index (χ3v) is 5.68. The predicted molar refractivity (Wildman–Crippen MR) is 86.6 cm³/mol. The molecular formula is C19H20N2O. The first-order chi connectivity index (χ1) is 10.8. The van der Waals surface area contributed by atoms with Crippen molar-refractivity contribution in [3.8, 4) is 0 Å². The summed E-state index contributed by atoms with van der Waals surface area (Å²) < 4.78 is 0. The maximum Gasteiger partial charge on any atom is 0.160 e. The highest BCUT2D eigenvalue weighted by atomic mass is 16.1. The summed E-state index contributed by atoms with van der Waals surface area (Å²) in [6.45, 7) is 1.06. The first-order valence-corrected chi connectivity index (χ1v) is 8.44. The molecule has 0 unspecified atom stereocenters. The number of rotatable bonds is 0. The van der Waals surface area contributed by atoms with E-state index in [0.717, 1.165) is 50.6 Å². The van der Waals surface area contributed by atoms with E-state index < -0.39 is 0 Å². The minimum atomic E-state index is 0.405. The molecule has 3 heteroatoms. The third-order valence-electron chi connectivity index (χ3n) is 5.68. The lowest BCUT2D eigenvalue weighted by molar-refractivity contribution is -0.116. The zero-order valence-electron chi connectivity index (χ0n) is 12.7. The first kappa shape index (κ1) is 12.5. The van der Waals surface area contributed by atoms with Gasteiger partial charge in [-0.05, 0) is 43.7 Å². The number of H-pyrrole nitrogens is 1. The Kier molecular flexibility index (Phi) is 2.55. The van der Waals surface area contributed by atoms with Gasteiger partial charge in [0.1, 0.15) is 0 Å². The fraction of sp³-hybridized carbons (Fsp3) is 0.421. The summed E-state index contributed by atoms with van der Waals surface area (Å²) in [5, 5.41) is 1.39. The molecule has 0 spiro atoms. The molecule has 0 saturated carbocycles. The Morgan fingerprint density at radius 2 is 2.00 bits per heavy atom. The van der Waals surface area contributed by atoms with Gasteiger partial charge in [-0.3, -0.25) is 4.79 Å². The molecular weight excluding hydrogens is 272 g/mol. The highest BCUT2D eigenvalue weighted by molar-refractivity contribution is 5.97. The monoisotopic (exact) mass is 292 g/mol. The van der Waals surface area contributed by atoms with Gasteiger partial charge in [0.15, 0.2) is 5.78 Å². The number of aromatic nitrogens is 1. The van der Waals surface area contributed by atoms with Crippen LogP contribution >= 0.6 is 0 Å². The molecule has 1 atom stereocenters. The molecule has 2 aromatic rings. The van der Waals surface area contributed by atoms with Gasteiger partial charge in [0.2, 0.25) is 0 Å². The number of hydrogen-bond acceptors (Lipinski definition) is 2. The highest BCUT2D eigenvalue weighted by Crippen LogP contribution is 2.45. The van der Waals surface area contributed by atoms with E-state index in [1.165, 1.54) is 27.9 Å². The summed E-state index contributed by atoms with van der Waals surface area (Å²) in [7, 11) is 0. The summed E-state index contributed by atoms with van der Waals surface area (Å²) in [5.74, 6) is 0.405. The van der Waals surface area contributed by atoms with E-state index in [-0.39, 0.29) is 0 Å². The molecule has 1 aromatic heterocycles. The molecule has 3 nitrogen and oxygen atoms in total. The number of carbonyl (C=O) groups is 1. The Morgan fingerprint density at radius 1 is 1.09 bits per heavy atom. The van der Waals surface area contributed by atoms with Crippen molar-refractivity contribution < 1.29 is 4.79 Å². The molecule has 2 aliphatic heterocycles. The van der Waals surface area contributed by atoms with Gasteiger partial charge in [-0.1, -0.05) is 18.2 Å². The Morgan fingerprint density at radius 3 is 2.95 bits per heavy atom. The number of hydrogen-bond donors (Lipinski definition) is 1. The third kappa shape index (κ3) is 1.59. The molecule has 0 amide bonds. The number of fused-ring (bicyclic) bond motifs is 6. The summed E-state index contributed by atoms with van der Waals surface area (Å²) in [6, 6.07) is 9.09. The number of benzene rings is 1. The SMILES string of the molecule is O=C1CCCC2=C1CC[C@@H]1c3[nH]c4ccccc4c3CCN21. The van der Waals surface area contributed by atoms with Gasteiger partial charge in [0.05, 0.1) is 6.04 Å². The van der Waals surface area contributed by atoms with E-state index in [0.29, 0.717) is 11.8 Å². The summed E-state index contributed by atoms with van der Waals surface area (Å²) in [4.78, 5) is 18.4. The number of Topliss-reactive ketones (excluding diaryl/α,β-unsaturated/α-hetero) is 1. The maximum atomic E-state index is 12.2. The lowest BCUT2D eigenvalue weighted by Gasteiger charge is -2.44. The predicted octanol–water partition coefficient (Wildman–Crippen LogP) is 3.87. The van der Waals surface area contributed by atoms with Crippen LogP contribution in [0, 0.1) is 0 Å². The molecule has 1 aliphatic carbocycles. The Balaban J connectivity index is 1.64. The lowest BCUT2D eigenvalue weighted by Crippen LogP contribution is -2.40. The van der Waals surface area contributed by atoms with Gasteiger partial charge >= 0.3 is 0 Å².